The molecule has 1 aliphatic carbocycles. The molecule has 18 heavy (non-hydrogen) atoms. The first-order chi connectivity index (χ1) is 8.72. The molecule has 4 nitrogen and oxygen atoms in total. The zero-order valence-corrected chi connectivity index (χ0v) is 11.4. The van der Waals surface area contributed by atoms with Gasteiger partial charge in [-0.3, -0.25) is 4.68 Å². The largest absolute Gasteiger partial charge is 0.381 e. The number of aryl methyl sites for hydroxylation is 1. The summed E-state index contributed by atoms with van der Waals surface area (Å²) in [6.07, 6.45) is 4.83. The number of aromatic nitrogens is 2. The maximum atomic E-state index is 8.68. The van der Waals surface area contributed by atoms with E-state index in [9.17, 15) is 0 Å². The molecule has 1 aromatic rings. The molecule has 1 aliphatic heterocycles. The molecule has 1 aromatic heterocycles. The second kappa shape index (κ2) is 4.60. The maximum Gasteiger partial charge on any atom is 0.140 e. The summed E-state index contributed by atoms with van der Waals surface area (Å²) < 4.78 is 7.55. The Hall–Kier alpha value is -0.990. The number of hydrogen-bond acceptors (Lipinski definition) is 4. The summed E-state index contributed by atoms with van der Waals surface area (Å²) >= 11 is 1.14. The van der Waals surface area contributed by atoms with Crippen molar-refractivity contribution in [1.82, 2.24) is 9.78 Å². The topological polar surface area (TPSA) is 50.8 Å². The van der Waals surface area contributed by atoms with E-state index in [4.69, 9.17) is 10.00 Å². The van der Waals surface area contributed by atoms with Crippen LogP contribution in [0.15, 0.2) is 11.1 Å². The molecule has 3 rings (SSSR count). The molecule has 0 unspecified atom stereocenters. The first-order valence-corrected chi connectivity index (χ1v) is 7.24. The molecule has 0 radical (unpaired) electrons. The van der Waals surface area contributed by atoms with Crippen molar-refractivity contribution < 1.29 is 4.74 Å². The van der Waals surface area contributed by atoms with Crippen LogP contribution in [-0.4, -0.2) is 23.0 Å². The van der Waals surface area contributed by atoms with Crippen molar-refractivity contribution in [2.24, 2.45) is 5.41 Å². The number of nitrogens with zero attached hydrogens (tertiary/aromatic N) is 3. The first kappa shape index (κ1) is 12.1. The number of thiocyanates is 1. The molecule has 5 heteroatoms. The summed E-state index contributed by atoms with van der Waals surface area (Å²) in [6, 6.07) is 2.53. The zero-order valence-electron chi connectivity index (χ0n) is 10.6. The fourth-order valence-electron chi connectivity index (χ4n) is 3.25. The molecule has 0 aromatic carbocycles. The lowest BCUT2D eigenvalue weighted by Crippen LogP contribution is -2.43. The van der Waals surface area contributed by atoms with Crippen molar-refractivity contribution >= 4 is 11.8 Å². The van der Waals surface area contributed by atoms with Crippen LogP contribution in [0.2, 0.25) is 0 Å². The minimum atomic E-state index is 0.518. The molecule has 0 bridgehead atoms. The van der Waals surface area contributed by atoms with E-state index in [0.717, 1.165) is 30.0 Å². The molecule has 0 N–H and O–H groups in total. The van der Waals surface area contributed by atoms with E-state index >= 15 is 0 Å². The van der Waals surface area contributed by atoms with Crippen LogP contribution in [0.25, 0.3) is 0 Å². The predicted molar refractivity (Wildman–Crippen MR) is 69.2 cm³/mol. The number of hydrogen-bond donors (Lipinski definition) is 0. The van der Waals surface area contributed by atoms with Gasteiger partial charge in [0.1, 0.15) is 10.4 Å². The van der Waals surface area contributed by atoms with Crippen LogP contribution in [0.5, 0.6) is 0 Å². The molecule has 1 saturated carbocycles. The minimum absolute atomic E-state index is 0.518. The van der Waals surface area contributed by atoms with Gasteiger partial charge in [-0.15, -0.1) is 0 Å². The molecular weight excluding hydrogens is 246 g/mol. The van der Waals surface area contributed by atoms with Gasteiger partial charge in [-0.2, -0.15) is 10.4 Å². The van der Waals surface area contributed by atoms with Crippen LogP contribution < -0.4 is 0 Å². The summed E-state index contributed by atoms with van der Waals surface area (Å²) in [5.41, 5.74) is 1.68. The Bertz CT molecular complexity index is 477. The van der Waals surface area contributed by atoms with E-state index in [0.29, 0.717) is 11.5 Å². The summed E-state index contributed by atoms with van der Waals surface area (Å²) in [7, 11) is 0. The average molecular weight is 263 g/mol. The summed E-state index contributed by atoms with van der Waals surface area (Å²) in [6.45, 7) is 3.91. The van der Waals surface area contributed by atoms with Crippen LogP contribution in [0.3, 0.4) is 0 Å². The van der Waals surface area contributed by atoms with Gasteiger partial charge in [0.05, 0.1) is 6.04 Å². The van der Waals surface area contributed by atoms with Crippen molar-refractivity contribution in [3.8, 4) is 5.40 Å². The van der Waals surface area contributed by atoms with Gasteiger partial charge in [0.15, 0.2) is 0 Å². The standard InChI is InChI=1S/C13H17N3OS/c1-10-6-12(18-9-14)15-16(10)11-7-13(8-11)2-4-17-5-3-13/h6,11H,2-5,7-8H2,1H3. The second-order valence-corrected chi connectivity index (χ2v) is 6.24. The second-order valence-electron chi connectivity index (χ2n) is 5.44. The van der Waals surface area contributed by atoms with Crippen molar-refractivity contribution in [1.29, 1.82) is 5.26 Å². The van der Waals surface area contributed by atoms with Gasteiger partial charge < -0.3 is 4.74 Å². The van der Waals surface area contributed by atoms with E-state index in [2.05, 4.69) is 22.1 Å². The predicted octanol–water partition coefficient (Wildman–Crippen LogP) is 2.90. The van der Waals surface area contributed by atoms with Crippen LogP contribution in [0, 0.1) is 23.0 Å². The monoisotopic (exact) mass is 263 g/mol. The van der Waals surface area contributed by atoms with E-state index in [1.54, 1.807) is 0 Å². The average Bonchev–Trinajstić information content (AvgIpc) is 2.68. The molecule has 1 spiro atoms. The van der Waals surface area contributed by atoms with Gasteiger partial charge in [-0.25, -0.2) is 0 Å². The molecule has 0 amide bonds. The van der Waals surface area contributed by atoms with Gasteiger partial charge in [0, 0.05) is 30.7 Å². The molecule has 1 saturated heterocycles. The highest BCUT2D eigenvalue weighted by molar-refractivity contribution is 8.03. The van der Waals surface area contributed by atoms with Crippen molar-refractivity contribution in [3.63, 3.8) is 0 Å². The van der Waals surface area contributed by atoms with E-state index in [1.807, 2.05) is 6.07 Å². The smallest absolute Gasteiger partial charge is 0.140 e. The Balaban J connectivity index is 1.69. The Morgan fingerprint density at radius 3 is 2.89 bits per heavy atom. The lowest BCUT2D eigenvalue weighted by atomic mass is 9.61. The third-order valence-electron chi connectivity index (χ3n) is 4.29. The quantitative estimate of drug-likeness (QED) is 0.608. The van der Waals surface area contributed by atoms with Crippen LogP contribution in [-0.2, 0) is 4.74 Å². The fraction of sp³-hybridized carbons (Fsp3) is 0.692. The van der Waals surface area contributed by atoms with E-state index in [-0.39, 0.29) is 0 Å². The van der Waals surface area contributed by atoms with Gasteiger partial charge in [0.2, 0.25) is 0 Å². The van der Waals surface area contributed by atoms with Gasteiger partial charge >= 0.3 is 0 Å². The van der Waals surface area contributed by atoms with Gasteiger partial charge in [-0.05, 0) is 44.1 Å². The van der Waals surface area contributed by atoms with Gasteiger partial charge in [0.25, 0.3) is 0 Å². The van der Waals surface area contributed by atoms with Crippen LogP contribution in [0.1, 0.15) is 37.4 Å². The summed E-state index contributed by atoms with van der Waals surface area (Å²) in [5.74, 6) is 0. The van der Waals surface area contributed by atoms with Gasteiger partial charge in [-0.1, -0.05) is 0 Å². The van der Waals surface area contributed by atoms with Crippen molar-refractivity contribution in [3.05, 3.63) is 11.8 Å². The highest BCUT2D eigenvalue weighted by Crippen LogP contribution is 2.54. The lowest BCUT2D eigenvalue weighted by molar-refractivity contribution is -0.0573. The highest BCUT2D eigenvalue weighted by atomic mass is 32.2. The SMILES string of the molecule is Cc1cc(SC#N)nn1C1CC2(CCOCC2)C1. The number of ether oxygens (including phenoxy) is 1. The third kappa shape index (κ3) is 2.04. The molecular formula is C13H17N3OS. The molecule has 0 atom stereocenters. The van der Waals surface area contributed by atoms with Crippen molar-refractivity contribution in [2.75, 3.05) is 13.2 Å². The minimum Gasteiger partial charge on any atom is -0.381 e. The summed E-state index contributed by atoms with van der Waals surface area (Å²) in [5, 5.41) is 16.1. The Morgan fingerprint density at radius 1 is 1.50 bits per heavy atom. The van der Waals surface area contributed by atoms with Crippen LogP contribution >= 0.6 is 11.8 Å². The maximum absolute atomic E-state index is 8.68. The zero-order chi connectivity index (χ0) is 12.6. The molecule has 2 aliphatic rings. The van der Waals surface area contributed by atoms with Crippen LogP contribution in [0.4, 0.5) is 0 Å². The molecule has 96 valence electrons. The lowest BCUT2D eigenvalue weighted by Gasteiger charge is -2.50. The van der Waals surface area contributed by atoms with E-state index < -0.39 is 0 Å². The summed E-state index contributed by atoms with van der Waals surface area (Å²) in [4.78, 5) is 0. The number of nitriles is 1. The molecule has 2 heterocycles. The fourth-order valence-corrected chi connectivity index (χ4v) is 3.70. The Kier molecular flexibility index (Phi) is 3.08. The van der Waals surface area contributed by atoms with E-state index in [1.165, 1.54) is 31.4 Å². The normalized spacial score (nSPS) is 22.7. The van der Waals surface area contributed by atoms with Crippen molar-refractivity contribution in [2.45, 2.75) is 43.7 Å². The number of thioether (sulfide) groups is 1. The Labute approximate surface area is 111 Å². The highest BCUT2D eigenvalue weighted by Gasteiger charge is 2.46. The number of rotatable bonds is 2. The Morgan fingerprint density at radius 2 is 2.22 bits per heavy atom. The third-order valence-corrected chi connectivity index (χ3v) is 4.79. The molecule has 2 fully saturated rings. The first-order valence-electron chi connectivity index (χ1n) is 6.42.